The molecule has 0 fully saturated rings. The molecule has 11 N–H and O–H groups in total. The number of hydrogen-bond acceptors (Lipinski definition) is 11. The number of phenols is 9. The van der Waals surface area contributed by atoms with Crippen molar-refractivity contribution in [2.24, 2.45) is 5.92 Å². The monoisotopic (exact) mass is 820 g/mol. The van der Waals surface area contributed by atoms with Gasteiger partial charge in [0.25, 0.3) is 0 Å². The first-order valence-electron chi connectivity index (χ1n) is 19.7. The number of rotatable bonds is 10. The smallest absolute Gasteiger partial charge is 0.157 e. The lowest BCUT2D eigenvalue weighted by atomic mass is 9.86. The number of fused-ring (bicyclic) bond motifs is 2. The molecule has 0 aromatic heterocycles. The number of benzene rings is 7. The molecule has 7 aromatic rings. The normalized spacial score (nSPS) is 14.0. The van der Waals surface area contributed by atoms with Crippen LogP contribution in [0.3, 0.4) is 0 Å². The van der Waals surface area contributed by atoms with Crippen LogP contribution in [-0.2, 0) is 32.1 Å². The second-order valence-electron chi connectivity index (χ2n) is 15.9. The molecule has 11 nitrogen and oxygen atoms in total. The molecule has 0 spiro atoms. The summed E-state index contributed by atoms with van der Waals surface area (Å²) in [5, 5.41) is 120. The van der Waals surface area contributed by atoms with Gasteiger partial charge < -0.3 is 56.2 Å². The molecule has 1 aliphatic carbocycles. The molecule has 310 valence electrons. The quantitative estimate of drug-likeness (QED) is 0.0583. The first-order valence-corrected chi connectivity index (χ1v) is 19.7. The minimum Gasteiger partial charge on any atom is -0.508 e. The van der Waals surface area contributed by atoms with Gasteiger partial charge in [0.1, 0.15) is 28.7 Å². The molecule has 1 atom stereocenters. The summed E-state index contributed by atoms with van der Waals surface area (Å²) in [6.45, 7) is 1.78. The Labute approximate surface area is 350 Å². The van der Waals surface area contributed by atoms with E-state index < -0.39 is 0 Å². The third-order valence-electron chi connectivity index (χ3n) is 11.6. The lowest BCUT2D eigenvalue weighted by Gasteiger charge is -2.21. The van der Waals surface area contributed by atoms with Crippen LogP contribution in [0.25, 0.3) is 21.5 Å². The maximum atomic E-state index is 12.2. The van der Waals surface area contributed by atoms with Crippen molar-refractivity contribution in [3.8, 4) is 51.7 Å². The summed E-state index contributed by atoms with van der Waals surface area (Å²) in [5.74, 6) is -2.18. The second kappa shape index (κ2) is 15.8. The lowest BCUT2D eigenvalue weighted by molar-refractivity contribution is 0.312. The van der Waals surface area contributed by atoms with Gasteiger partial charge in [-0.3, -0.25) is 0 Å². The highest BCUT2D eigenvalue weighted by Gasteiger charge is 2.23. The van der Waals surface area contributed by atoms with Gasteiger partial charge in [-0.1, -0.05) is 24.3 Å². The summed E-state index contributed by atoms with van der Waals surface area (Å²) in [5.41, 5.74) is 5.34. The van der Waals surface area contributed by atoms with Crippen molar-refractivity contribution in [2.45, 2.75) is 45.4 Å². The summed E-state index contributed by atoms with van der Waals surface area (Å²) in [6, 6.07) is 24.3. The third-order valence-corrected chi connectivity index (χ3v) is 11.6. The van der Waals surface area contributed by atoms with Gasteiger partial charge in [0, 0.05) is 36.8 Å². The number of aromatic hydroxyl groups is 9. The number of allylic oxidation sites excluding steroid dienone is 2. The van der Waals surface area contributed by atoms with E-state index in [4.69, 9.17) is 0 Å². The van der Waals surface area contributed by atoms with Gasteiger partial charge in [0.05, 0.1) is 0 Å². The van der Waals surface area contributed by atoms with Crippen molar-refractivity contribution in [2.75, 3.05) is 0 Å². The maximum absolute atomic E-state index is 12.2. The molecule has 7 aromatic carbocycles. The Hall–Kier alpha value is -7.66. The van der Waals surface area contributed by atoms with Gasteiger partial charge >= 0.3 is 0 Å². The van der Waals surface area contributed by atoms with Crippen LogP contribution in [-0.4, -0.2) is 56.2 Å². The van der Waals surface area contributed by atoms with Crippen LogP contribution in [0.2, 0.25) is 0 Å². The number of aliphatic hydroxyl groups excluding tert-OH is 2. The largest absolute Gasteiger partial charge is 0.508 e. The number of hydrogen-bond donors (Lipinski definition) is 11. The maximum Gasteiger partial charge on any atom is 0.157 e. The number of phenolic OH excluding ortho intramolecular Hbond substituents is 9. The lowest BCUT2D eigenvalue weighted by Crippen LogP contribution is -2.08. The SMILES string of the molecule is Cc1ccc(Cc2cc3cc(Cc4ccc(O)c(O)c4)c(O)cc3c(Cc3c(O)c(Cc4ccc(O)c(O)c4)cc4cc(CC5C=C(O)C(O)=CC5)c(O)cc34)c2O)cc1O. The van der Waals surface area contributed by atoms with E-state index >= 15 is 0 Å². The zero-order chi connectivity index (χ0) is 43.3. The van der Waals surface area contributed by atoms with Crippen molar-refractivity contribution in [1.29, 1.82) is 0 Å². The van der Waals surface area contributed by atoms with Crippen LogP contribution in [0.15, 0.2) is 115 Å². The Kier molecular flexibility index (Phi) is 10.4. The molecule has 0 saturated heterocycles. The van der Waals surface area contributed by atoms with Crippen LogP contribution in [0.1, 0.15) is 62.1 Å². The second-order valence-corrected chi connectivity index (χ2v) is 15.9. The number of aryl methyl sites for hydroxylation is 1. The van der Waals surface area contributed by atoms with E-state index in [-0.39, 0.29) is 94.9 Å². The molecule has 0 heterocycles. The zero-order valence-corrected chi connectivity index (χ0v) is 33.1. The van der Waals surface area contributed by atoms with Gasteiger partial charge in [-0.2, -0.15) is 0 Å². The van der Waals surface area contributed by atoms with E-state index in [9.17, 15) is 56.2 Å². The van der Waals surface area contributed by atoms with Crippen molar-refractivity contribution in [1.82, 2.24) is 0 Å². The van der Waals surface area contributed by atoms with E-state index in [0.29, 0.717) is 84.5 Å². The highest BCUT2D eigenvalue weighted by Crippen LogP contribution is 2.44. The molecule has 0 aliphatic heterocycles. The highest BCUT2D eigenvalue weighted by molar-refractivity contribution is 5.95. The molecule has 0 bridgehead atoms. The van der Waals surface area contributed by atoms with Crippen LogP contribution in [0, 0.1) is 12.8 Å². The van der Waals surface area contributed by atoms with Crippen LogP contribution in [0.4, 0.5) is 0 Å². The average molecular weight is 821 g/mol. The van der Waals surface area contributed by atoms with E-state index in [1.54, 1.807) is 67.6 Å². The minimum atomic E-state index is -0.328. The summed E-state index contributed by atoms with van der Waals surface area (Å²) >= 11 is 0. The molecule has 1 aliphatic rings. The fourth-order valence-electron chi connectivity index (χ4n) is 8.28. The third kappa shape index (κ3) is 8.05. The molecule has 1 unspecified atom stereocenters. The first-order chi connectivity index (χ1) is 29.1. The Bertz CT molecular complexity index is 2960. The topological polar surface area (TPSA) is 223 Å². The van der Waals surface area contributed by atoms with E-state index in [1.807, 2.05) is 6.07 Å². The molecule has 61 heavy (non-hydrogen) atoms. The molecule has 0 amide bonds. The van der Waals surface area contributed by atoms with Gasteiger partial charge in [0.2, 0.25) is 0 Å². The van der Waals surface area contributed by atoms with Crippen LogP contribution >= 0.6 is 0 Å². The summed E-state index contributed by atoms with van der Waals surface area (Å²) in [6.07, 6.45) is 4.26. The number of aliphatic hydroxyl groups is 2. The summed E-state index contributed by atoms with van der Waals surface area (Å²) in [7, 11) is 0. The summed E-state index contributed by atoms with van der Waals surface area (Å²) < 4.78 is 0. The van der Waals surface area contributed by atoms with E-state index in [0.717, 1.165) is 5.56 Å². The average Bonchev–Trinajstić information content (AvgIpc) is 3.21. The molecule has 8 rings (SSSR count). The Morgan fingerprint density at radius 2 is 0.885 bits per heavy atom. The van der Waals surface area contributed by atoms with Crippen molar-refractivity contribution >= 4 is 21.5 Å². The molecule has 0 radical (unpaired) electrons. The standard InChI is InChI=1S/C50H44O11/c1-25-2-3-26(14-43(25)54)12-34-20-30-18-32(10-27-4-7-40(51)46(57)15-27)44(55)23-36(30)38(49(34)60)22-39-37-24-45(56)33(11-28-5-8-41(52)47(58)16-28)19-31(37)21-35(50(39)61)13-29-6-9-42(53)48(59)17-29/h2-4,6-9,14-21,23-24,28,51-61H,5,10-13,22H2,1H3. The van der Waals surface area contributed by atoms with Crippen molar-refractivity contribution in [3.05, 3.63) is 170 Å². The van der Waals surface area contributed by atoms with Crippen molar-refractivity contribution in [3.63, 3.8) is 0 Å². The fourth-order valence-corrected chi connectivity index (χ4v) is 8.28. The zero-order valence-electron chi connectivity index (χ0n) is 33.1. The van der Waals surface area contributed by atoms with Gasteiger partial charge in [0.15, 0.2) is 34.5 Å². The van der Waals surface area contributed by atoms with E-state index in [1.165, 1.54) is 36.4 Å². The minimum absolute atomic E-state index is 0.0689. The summed E-state index contributed by atoms with van der Waals surface area (Å²) in [4.78, 5) is 0. The molecule has 11 heteroatoms. The Morgan fingerprint density at radius 1 is 0.426 bits per heavy atom. The molecular weight excluding hydrogens is 777 g/mol. The van der Waals surface area contributed by atoms with Gasteiger partial charge in [-0.05, 0) is 171 Å². The van der Waals surface area contributed by atoms with Gasteiger partial charge in [-0.15, -0.1) is 0 Å². The van der Waals surface area contributed by atoms with Gasteiger partial charge in [-0.25, -0.2) is 0 Å². The van der Waals surface area contributed by atoms with Crippen LogP contribution < -0.4 is 0 Å². The Balaban J connectivity index is 1.30. The Morgan fingerprint density at radius 3 is 1.39 bits per heavy atom. The van der Waals surface area contributed by atoms with E-state index in [2.05, 4.69) is 0 Å². The molecular formula is C50H44O11. The highest BCUT2D eigenvalue weighted by atomic mass is 16.3. The molecule has 0 saturated carbocycles. The fraction of sp³-hybridized carbons (Fsp3) is 0.160. The predicted molar refractivity (Wildman–Crippen MR) is 231 cm³/mol. The van der Waals surface area contributed by atoms with Crippen molar-refractivity contribution < 1.29 is 56.2 Å². The predicted octanol–water partition coefficient (Wildman–Crippen LogP) is 9.46. The van der Waals surface area contributed by atoms with Crippen LogP contribution in [0.5, 0.6) is 51.7 Å². The first kappa shape index (κ1) is 40.1.